The zero-order valence-electron chi connectivity index (χ0n) is 16.3. The lowest BCUT2D eigenvalue weighted by Gasteiger charge is -2.25. The van der Waals surface area contributed by atoms with Crippen molar-refractivity contribution >= 4 is 11.5 Å². The molecule has 0 aliphatic rings. The van der Waals surface area contributed by atoms with Crippen molar-refractivity contribution < 1.29 is 4.79 Å². The SMILES string of the molecule is CN(C[C@@H](C(=O)c1nccn1-c1ccccc1)c1ccccc1)c1ccccc1. The number of anilines is 1. The van der Waals surface area contributed by atoms with Gasteiger partial charge in [0.05, 0.1) is 5.92 Å². The normalized spacial score (nSPS) is 11.8. The van der Waals surface area contributed by atoms with E-state index in [0.717, 1.165) is 16.9 Å². The molecule has 4 aromatic rings. The van der Waals surface area contributed by atoms with Gasteiger partial charge in [0.25, 0.3) is 0 Å². The number of hydrogen-bond donors (Lipinski definition) is 0. The van der Waals surface area contributed by atoms with Gasteiger partial charge < -0.3 is 4.90 Å². The van der Waals surface area contributed by atoms with E-state index in [1.165, 1.54) is 0 Å². The molecule has 0 aliphatic carbocycles. The largest absolute Gasteiger partial charge is 0.374 e. The molecule has 0 unspecified atom stereocenters. The third kappa shape index (κ3) is 4.11. The maximum absolute atomic E-state index is 13.7. The Labute approximate surface area is 171 Å². The van der Waals surface area contributed by atoms with Crippen LogP contribution in [-0.2, 0) is 0 Å². The summed E-state index contributed by atoms with van der Waals surface area (Å²) in [6.45, 7) is 0.564. The second-order valence-electron chi connectivity index (χ2n) is 7.00. The summed E-state index contributed by atoms with van der Waals surface area (Å²) >= 11 is 0. The Morgan fingerprint density at radius 3 is 2.14 bits per heavy atom. The van der Waals surface area contributed by atoms with E-state index in [1.54, 1.807) is 6.20 Å². The Morgan fingerprint density at radius 1 is 0.897 bits per heavy atom. The molecule has 1 heterocycles. The maximum Gasteiger partial charge on any atom is 0.207 e. The highest BCUT2D eigenvalue weighted by Gasteiger charge is 2.27. The molecule has 0 saturated carbocycles. The fourth-order valence-electron chi connectivity index (χ4n) is 3.53. The van der Waals surface area contributed by atoms with Gasteiger partial charge in [0, 0.05) is 37.4 Å². The van der Waals surface area contributed by atoms with Gasteiger partial charge in [0.1, 0.15) is 0 Å². The van der Waals surface area contributed by atoms with E-state index < -0.39 is 0 Å². The number of rotatable bonds is 7. The highest BCUT2D eigenvalue weighted by Crippen LogP contribution is 2.25. The summed E-state index contributed by atoms with van der Waals surface area (Å²) in [7, 11) is 2.02. The molecule has 4 nitrogen and oxygen atoms in total. The van der Waals surface area contributed by atoms with Crippen LogP contribution in [0.15, 0.2) is 103 Å². The minimum Gasteiger partial charge on any atom is -0.374 e. The van der Waals surface area contributed by atoms with Crippen molar-refractivity contribution in [2.45, 2.75) is 5.92 Å². The molecule has 1 atom stereocenters. The van der Waals surface area contributed by atoms with Gasteiger partial charge >= 0.3 is 0 Å². The van der Waals surface area contributed by atoms with Crippen LogP contribution in [0.1, 0.15) is 22.1 Å². The van der Waals surface area contributed by atoms with Crippen molar-refractivity contribution in [2.24, 2.45) is 0 Å². The Bertz CT molecular complexity index is 1060. The van der Waals surface area contributed by atoms with Crippen LogP contribution in [0.3, 0.4) is 0 Å². The zero-order valence-corrected chi connectivity index (χ0v) is 16.3. The number of hydrogen-bond acceptors (Lipinski definition) is 3. The summed E-state index contributed by atoms with van der Waals surface area (Å²) in [5.74, 6) is 0.130. The Morgan fingerprint density at radius 2 is 1.48 bits per heavy atom. The van der Waals surface area contributed by atoms with Gasteiger partial charge in [0.15, 0.2) is 5.82 Å². The number of carbonyl (C=O) groups excluding carboxylic acids is 1. The number of imidazole rings is 1. The number of ketones is 1. The number of aromatic nitrogens is 2. The van der Waals surface area contributed by atoms with Gasteiger partial charge in [-0.2, -0.15) is 0 Å². The van der Waals surface area contributed by atoms with Gasteiger partial charge in [-0.05, 0) is 29.8 Å². The molecule has 0 saturated heterocycles. The van der Waals surface area contributed by atoms with Crippen molar-refractivity contribution in [2.75, 3.05) is 18.5 Å². The fraction of sp³-hybridized carbons (Fsp3) is 0.120. The third-order valence-electron chi connectivity index (χ3n) is 5.07. The van der Waals surface area contributed by atoms with Gasteiger partial charge in [-0.1, -0.05) is 66.7 Å². The van der Waals surface area contributed by atoms with Crippen molar-refractivity contribution in [3.63, 3.8) is 0 Å². The third-order valence-corrected chi connectivity index (χ3v) is 5.07. The fourth-order valence-corrected chi connectivity index (χ4v) is 3.53. The minimum absolute atomic E-state index is 0.00725. The van der Waals surface area contributed by atoms with E-state index in [1.807, 2.05) is 96.7 Å². The van der Waals surface area contributed by atoms with Crippen LogP contribution in [0.2, 0.25) is 0 Å². The summed E-state index contributed by atoms with van der Waals surface area (Å²) in [4.78, 5) is 20.2. The quantitative estimate of drug-likeness (QED) is 0.424. The van der Waals surface area contributed by atoms with Crippen LogP contribution in [-0.4, -0.2) is 28.9 Å². The molecule has 0 radical (unpaired) electrons. The second-order valence-corrected chi connectivity index (χ2v) is 7.00. The number of carbonyl (C=O) groups is 1. The monoisotopic (exact) mass is 381 g/mol. The average molecular weight is 381 g/mol. The van der Waals surface area contributed by atoms with Crippen molar-refractivity contribution in [1.29, 1.82) is 0 Å². The summed E-state index contributed by atoms with van der Waals surface area (Å²) in [6, 6.07) is 29.9. The molecule has 0 N–H and O–H groups in total. The highest BCUT2D eigenvalue weighted by molar-refractivity contribution is 5.99. The van der Waals surface area contributed by atoms with E-state index >= 15 is 0 Å². The molecule has 0 amide bonds. The first-order valence-corrected chi connectivity index (χ1v) is 9.68. The van der Waals surface area contributed by atoms with E-state index in [2.05, 4.69) is 22.0 Å². The molecule has 144 valence electrons. The molecule has 0 spiro atoms. The molecule has 1 aromatic heterocycles. The standard InChI is InChI=1S/C25H23N3O/c1-27(21-13-7-3-8-14-21)19-23(20-11-5-2-6-12-20)24(29)25-26-17-18-28(25)22-15-9-4-10-16-22/h2-18,23H,19H2,1H3/t23-/m1/s1. The van der Waals surface area contributed by atoms with Crippen molar-refractivity contribution in [1.82, 2.24) is 9.55 Å². The number of likely N-dealkylation sites (N-methyl/N-ethyl adjacent to an activating group) is 1. The van der Waals surface area contributed by atoms with Crippen LogP contribution < -0.4 is 4.90 Å². The van der Waals surface area contributed by atoms with E-state index in [4.69, 9.17) is 0 Å². The molecular formula is C25H23N3O. The van der Waals surface area contributed by atoms with Gasteiger partial charge in [-0.15, -0.1) is 0 Å². The molecule has 3 aromatic carbocycles. The number of Topliss-reactive ketones (excluding diaryl/α,β-unsaturated/α-hetero) is 1. The van der Waals surface area contributed by atoms with E-state index in [0.29, 0.717) is 12.4 Å². The van der Waals surface area contributed by atoms with E-state index in [-0.39, 0.29) is 11.7 Å². The minimum atomic E-state index is -0.328. The molecule has 29 heavy (non-hydrogen) atoms. The summed E-state index contributed by atoms with van der Waals surface area (Å²) in [5.41, 5.74) is 2.99. The van der Waals surface area contributed by atoms with Crippen LogP contribution in [0.25, 0.3) is 5.69 Å². The number of para-hydroxylation sites is 2. The first kappa shape index (κ1) is 18.7. The number of benzene rings is 3. The first-order valence-electron chi connectivity index (χ1n) is 9.68. The number of nitrogens with zero attached hydrogens (tertiary/aromatic N) is 3. The van der Waals surface area contributed by atoms with Crippen molar-refractivity contribution in [3.05, 3.63) is 115 Å². The van der Waals surface area contributed by atoms with Crippen molar-refractivity contribution in [3.8, 4) is 5.69 Å². The lowest BCUT2D eigenvalue weighted by molar-refractivity contribution is 0.0950. The molecule has 4 heteroatoms. The average Bonchev–Trinajstić information content (AvgIpc) is 3.29. The van der Waals surface area contributed by atoms with Crippen LogP contribution in [0, 0.1) is 0 Å². The zero-order chi connectivity index (χ0) is 20.1. The summed E-state index contributed by atoms with van der Waals surface area (Å²) < 4.78 is 1.86. The summed E-state index contributed by atoms with van der Waals surface area (Å²) in [6.07, 6.45) is 3.52. The highest BCUT2D eigenvalue weighted by atomic mass is 16.1. The molecule has 0 fully saturated rings. The molecule has 0 aliphatic heterocycles. The Balaban J connectivity index is 1.69. The van der Waals surface area contributed by atoms with Gasteiger partial charge in [-0.25, -0.2) is 4.98 Å². The predicted octanol–water partition coefficient (Wildman–Crippen LogP) is 4.98. The molecule has 4 rings (SSSR count). The summed E-state index contributed by atoms with van der Waals surface area (Å²) in [5, 5.41) is 0. The predicted molar refractivity (Wildman–Crippen MR) is 117 cm³/mol. The van der Waals surface area contributed by atoms with Gasteiger partial charge in [0.2, 0.25) is 5.78 Å². The lowest BCUT2D eigenvalue weighted by Crippen LogP contribution is -2.30. The van der Waals surface area contributed by atoms with Crippen LogP contribution in [0.4, 0.5) is 5.69 Å². The first-order chi connectivity index (χ1) is 14.2. The maximum atomic E-state index is 13.7. The topological polar surface area (TPSA) is 38.1 Å². The molecular weight excluding hydrogens is 358 g/mol. The van der Waals surface area contributed by atoms with E-state index in [9.17, 15) is 4.79 Å². The van der Waals surface area contributed by atoms with Crippen LogP contribution in [0.5, 0.6) is 0 Å². The lowest BCUT2D eigenvalue weighted by atomic mass is 9.93. The smallest absolute Gasteiger partial charge is 0.207 e. The Hall–Kier alpha value is -3.66. The Kier molecular flexibility index (Phi) is 5.52. The molecule has 0 bridgehead atoms. The van der Waals surface area contributed by atoms with Crippen LogP contribution >= 0.6 is 0 Å². The second kappa shape index (κ2) is 8.57. The van der Waals surface area contributed by atoms with Gasteiger partial charge in [-0.3, -0.25) is 9.36 Å².